The first-order valence-corrected chi connectivity index (χ1v) is 2.43. The first kappa shape index (κ1) is 10.2. The zero-order valence-corrected chi connectivity index (χ0v) is 7.45. The zero-order chi connectivity index (χ0) is 4.28. The Kier molecular flexibility index (Phi) is 10.3. The molecule has 0 aliphatic rings. The molecule has 0 aliphatic carbocycles. The van der Waals surface area contributed by atoms with Crippen LogP contribution in [0.5, 0.6) is 0 Å². The van der Waals surface area contributed by atoms with Crippen LogP contribution in [0.25, 0.3) is 0 Å². The molecule has 0 radical (unpaired) electrons. The molecule has 0 aliphatic heterocycles. The third kappa shape index (κ3) is 8.92. The Morgan fingerprint density at radius 1 is 1.67 bits per heavy atom. The van der Waals surface area contributed by atoms with Crippen molar-refractivity contribution in [3.05, 3.63) is 0 Å². The Balaban J connectivity index is -0.0000000800. The molecule has 0 rings (SSSR count). The van der Waals surface area contributed by atoms with Crippen LogP contribution in [-0.2, 0) is 10.5 Å². The van der Waals surface area contributed by atoms with Crippen LogP contribution in [0, 0.1) is 0 Å². The summed E-state index contributed by atoms with van der Waals surface area (Å²) in [5.74, 6) is 0. The molecule has 0 spiro atoms. The quantitative estimate of drug-likeness (QED) is 0.388. The molecule has 0 bridgehead atoms. The Hall–Kier alpha value is 1.10. The van der Waals surface area contributed by atoms with Crippen molar-refractivity contribution in [1.29, 1.82) is 0 Å². The van der Waals surface area contributed by atoms with Crippen molar-refractivity contribution in [1.82, 2.24) is 0 Å². The van der Waals surface area contributed by atoms with Gasteiger partial charge >= 0.3 is 40.1 Å². The van der Waals surface area contributed by atoms with Crippen molar-refractivity contribution in [3.63, 3.8) is 0 Å². The van der Waals surface area contributed by atoms with Crippen molar-refractivity contribution < 1.29 is 39.4 Å². The molecular weight excluding hydrogens is 181 g/mol. The van der Waals surface area contributed by atoms with Gasteiger partial charge in [0.25, 0.3) is 0 Å². The third-order valence-electron chi connectivity index (χ3n) is 0.0563. The van der Waals surface area contributed by atoms with E-state index in [1.54, 1.807) is 0 Å². The largest absolute Gasteiger partial charge is 1.00 e. The fourth-order valence-corrected chi connectivity index (χ4v) is 0. The second kappa shape index (κ2) is 6.10. The van der Waals surface area contributed by atoms with Gasteiger partial charge in [0.1, 0.15) is 0 Å². The van der Waals surface area contributed by atoms with Crippen LogP contribution >= 0.6 is 16.1 Å². The normalized spacial score (nSPS) is 5.50. The zero-order valence-electron chi connectivity index (χ0n) is 4.05. The van der Waals surface area contributed by atoms with E-state index in [0.717, 1.165) is 0 Å². The molecule has 0 aromatic carbocycles. The molecule has 0 fully saturated rings. The Morgan fingerprint density at radius 2 is 1.83 bits per heavy atom. The maximum atomic E-state index is 9.15. The first-order chi connectivity index (χ1) is 2.27. The Bertz CT molecular complexity index is 121. The minimum absolute atomic E-state index is 0. The van der Waals surface area contributed by atoms with Gasteiger partial charge in [-0.2, -0.15) is 8.42 Å². The van der Waals surface area contributed by atoms with Crippen LogP contribution in [0.4, 0.5) is 0 Å². The van der Waals surface area contributed by atoms with Crippen LogP contribution in [0.2, 0.25) is 0 Å². The van der Waals surface area contributed by atoms with Crippen LogP contribution in [0.3, 0.4) is 0 Å². The predicted molar refractivity (Wildman–Crippen MR) is 21.4 cm³/mol. The van der Waals surface area contributed by atoms with Crippen molar-refractivity contribution in [2.24, 2.45) is 3.39 Å². The van der Waals surface area contributed by atoms with Crippen molar-refractivity contribution in [3.8, 4) is 0 Å². The third-order valence-corrected chi connectivity index (χ3v) is 0.878. The fraction of sp³-hybridized carbons (Fsp3) is 0. The molecule has 0 heterocycles. The SMILES string of the molecule is O=S(=O)=NBr.[H-].[Na+]. The minimum atomic E-state index is -2.28. The second-order valence-corrected chi connectivity index (χ2v) is 1.73. The molecular formula is HBrNNaO2S. The summed E-state index contributed by atoms with van der Waals surface area (Å²) in [6.45, 7) is 0. The summed E-state index contributed by atoms with van der Waals surface area (Å²) in [6, 6.07) is 0. The van der Waals surface area contributed by atoms with Crippen LogP contribution < -0.4 is 29.6 Å². The number of rotatable bonds is 0. The van der Waals surface area contributed by atoms with Crippen LogP contribution in [0.15, 0.2) is 3.39 Å². The van der Waals surface area contributed by atoms with Crippen LogP contribution in [0.1, 0.15) is 1.43 Å². The summed E-state index contributed by atoms with van der Waals surface area (Å²) >= 11 is 2.33. The predicted octanol–water partition coefficient (Wildman–Crippen LogP) is -2.52. The molecule has 0 aromatic heterocycles. The van der Waals surface area contributed by atoms with E-state index in [9.17, 15) is 0 Å². The number of hydrogen-bond acceptors (Lipinski definition) is 3. The van der Waals surface area contributed by atoms with E-state index < -0.39 is 10.5 Å². The van der Waals surface area contributed by atoms with Gasteiger partial charge in [-0.3, -0.25) is 0 Å². The summed E-state index contributed by atoms with van der Waals surface area (Å²) in [5.41, 5.74) is 0. The van der Waals surface area contributed by atoms with Gasteiger partial charge in [-0.1, -0.05) is 3.39 Å². The van der Waals surface area contributed by atoms with Gasteiger partial charge in [0.2, 0.25) is 0 Å². The van der Waals surface area contributed by atoms with E-state index in [2.05, 4.69) is 19.5 Å². The average molecular weight is 182 g/mol. The molecule has 0 saturated carbocycles. The van der Waals surface area contributed by atoms with Crippen molar-refractivity contribution in [2.45, 2.75) is 0 Å². The van der Waals surface area contributed by atoms with Crippen LogP contribution in [-0.4, -0.2) is 8.42 Å². The fourth-order valence-electron chi connectivity index (χ4n) is 0. The van der Waals surface area contributed by atoms with E-state index in [-0.39, 0.29) is 31.0 Å². The van der Waals surface area contributed by atoms with Crippen molar-refractivity contribution in [2.75, 3.05) is 0 Å². The van der Waals surface area contributed by atoms with Gasteiger partial charge in [0.15, 0.2) is 0 Å². The molecule has 0 N–H and O–H groups in total. The van der Waals surface area contributed by atoms with Gasteiger partial charge in [-0.25, -0.2) is 0 Å². The van der Waals surface area contributed by atoms with Gasteiger partial charge in [-0.05, 0) is 0 Å². The molecule has 0 saturated heterocycles. The van der Waals surface area contributed by atoms with E-state index in [4.69, 9.17) is 8.42 Å². The molecule has 0 unspecified atom stereocenters. The molecule has 6 heteroatoms. The van der Waals surface area contributed by atoms with E-state index in [1.165, 1.54) is 0 Å². The summed E-state index contributed by atoms with van der Waals surface area (Å²) in [6.07, 6.45) is 0. The van der Waals surface area contributed by atoms with Crippen molar-refractivity contribution >= 4 is 26.6 Å². The summed E-state index contributed by atoms with van der Waals surface area (Å²) in [5, 5.41) is 0. The maximum absolute atomic E-state index is 9.15. The summed E-state index contributed by atoms with van der Waals surface area (Å²) in [7, 11) is -2.28. The molecule has 0 amide bonds. The standard InChI is InChI=1S/BrNO2S.Na.H/c1-2-5(3)4;;/q;+1;-1. The molecule has 3 nitrogen and oxygen atoms in total. The monoisotopic (exact) mass is 181 g/mol. The molecule has 0 atom stereocenters. The van der Waals surface area contributed by atoms with E-state index in [0.29, 0.717) is 0 Å². The second-order valence-electron chi connectivity index (χ2n) is 0.286. The molecule has 6 heavy (non-hydrogen) atoms. The number of nitrogens with zero attached hydrogens (tertiary/aromatic N) is 1. The summed E-state index contributed by atoms with van der Waals surface area (Å²) < 4.78 is 20.9. The Morgan fingerprint density at radius 3 is 1.83 bits per heavy atom. The number of halogens is 1. The topological polar surface area (TPSA) is 46.5 Å². The first-order valence-electron chi connectivity index (χ1n) is 0.685. The summed E-state index contributed by atoms with van der Waals surface area (Å²) in [4.78, 5) is 0. The van der Waals surface area contributed by atoms with Gasteiger partial charge < -0.3 is 1.43 Å². The maximum Gasteiger partial charge on any atom is 1.00 e. The Labute approximate surface area is 68.9 Å². The van der Waals surface area contributed by atoms with Gasteiger partial charge in [-0.15, -0.1) is 0 Å². The average Bonchev–Trinajstić information content (AvgIpc) is 1.38. The minimum Gasteiger partial charge on any atom is -1.00 e. The number of hydrogen-bond donors (Lipinski definition) is 0. The molecule has 0 aromatic rings. The smallest absolute Gasteiger partial charge is 1.00 e. The molecule has 32 valence electrons. The van der Waals surface area contributed by atoms with Gasteiger partial charge in [0.05, 0.1) is 16.1 Å². The van der Waals surface area contributed by atoms with Gasteiger partial charge in [0, 0.05) is 0 Å². The van der Waals surface area contributed by atoms with E-state index in [1.807, 2.05) is 0 Å². The van der Waals surface area contributed by atoms with E-state index >= 15 is 0 Å².